The van der Waals surface area contributed by atoms with E-state index < -0.39 is 41.0 Å². The van der Waals surface area contributed by atoms with E-state index >= 15 is 0 Å². The molecule has 1 aromatic carbocycles. The van der Waals surface area contributed by atoms with E-state index in [0.717, 1.165) is 0 Å². The predicted octanol–water partition coefficient (Wildman–Crippen LogP) is 1.29. The maximum Gasteiger partial charge on any atom is 0.344 e. The summed E-state index contributed by atoms with van der Waals surface area (Å²) in [5.41, 5.74) is 0.289. The normalized spacial score (nSPS) is 18.7. The SMILES string of the molecule is CC[C@@H](C)N(C(=O)COC(=O)COc1ccccc1C#N)[C@@H]1CCS(=O)(=O)C1. The Morgan fingerprint density at radius 1 is 1.32 bits per heavy atom. The van der Waals surface area contributed by atoms with Crippen LogP contribution in [0.15, 0.2) is 24.3 Å². The number of nitrogens with zero attached hydrogens (tertiary/aromatic N) is 2. The molecule has 1 fully saturated rings. The number of esters is 1. The van der Waals surface area contributed by atoms with Crippen molar-refractivity contribution in [2.75, 3.05) is 24.7 Å². The van der Waals surface area contributed by atoms with Crippen molar-refractivity contribution in [3.8, 4) is 11.8 Å². The molecule has 1 saturated heterocycles. The third-order valence-corrected chi connectivity index (χ3v) is 6.42. The number of carbonyl (C=O) groups excluding carboxylic acids is 2. The molecule has 0 aromatic heterocycles. The van der Waals surface area contributed by atoms with Crippen molar-refractivity contribution >= 4 is 21.7 Å². The highest BCUT2D eigenvalue weighted by atomic mass is 32.2. The molecule has 152 valence electrons. The maximum absolute atomic E-state index is 12.6. The lowest BCUT2D eigenvalue weighted by atomic mass is 10.1. The fourth-order valence-electron chi connectivity index (χ4n) is 3.08. The first-order chi connectivity index (χ1) is 13.3. The Labute approximate surface area is 164 Å². The third-order valence-electron chi connectivity index (χ3n) is 4.67. The third kappa shape index (κ3) is 5.70. The average Bonchev–Trinajstić information content (AvgIpc) is 3.03. The van der Waals surface area contributed by atoms with Gasteiger partial charge in [0, 0.05) is 12.1 Å². The Morgan fingerprint density at radius 2 is 2.04 bits per heavy atom. The lowest BCUT2D eigenvalue weighted by Crippen LogP contribution is -2.48. The summed E-state index contributed by atoms with van der Waals surface area (Å²) >= 11 is 0. The Morgan fingerprint density at radius 3 is 2.64 bits per heavy atom. The van der Waals surface area contributed by atoms with Crippen LogP contribution in [-0.2, 0) is 24.2 Å². The maximum atomic E-state index is 12.6. The Hall–Kier alpha value is -2.60. The van der Waals surface area contributed by atoms with Crippen molar-refractivity contribution in [2.24, 2.45) is 0 Å². The summed E-state index contributed by atoms with van der Waals surface area (Å²) in [6.45, 7) is 2.82. The molecule has 1 heterocycles. The van der Waals surface area contributed by atoms with Gasteiger partial charge in [-0.1, -0.05) is 19.1 Å². The summed E-state index contributed by atoms with van der Waals surface area (Å²) in [6.07, 6.45) is 1.05. The minimum Gasteiger partial charge on any atom is -0.481 e. The number of hydrogen-bond donors (Lipinski definition) is 0. The van der Waals surface area contributed by atoms with E-state index in [0.29, 0.717) is 12.8 Å². The minimum atomic E-state index is -3.14. The van der Waals surface area contributed by atoms with Crippen molar-refractivity contribution in [1.29, 1.82) is 5.26 Å². The van der Waals surface area contributed by atoms with E-state index in [1.54, 1.807) is 24.3 Å². The van der Waals surface area contributed by atoms with Gasteiger partial charge in [0.15, 0.2) is 23.1 Å². The zero-order valence-electron chi connectivity index (χ0n) is 16.0. The standard InChI is InChI=1S/C19H24N2O6S/c1-3-14(2)21(16-8-9-28(24,25)13-16)18(22)11-27-19(23)12-26-17-7-5-4-6-15(17)10-20/h4-7,14,16H,3,8-9,11-13H2,1-2H3/t14-,16-/m1/s1. The number of amides is 1. The van der Waals surface area contributed by atoms with Crippen molar-refractivity contribution in [1.82, 2.24) is 4.90 Å². The van der Waals surface area contributed by atoms with Crippen molar-refractivity contribution < 1.29 is 27.5 Å². The van der Waals surface area contributed by atoms with Gasteiger partial charge in [-0.3, -0.25) is 4.79 Å². The topological polar surface area (TPSA) is 114 Å². The summed E-state index contributed by atoms with van der Waals surface area (Å²) in [5.74, 6) is -0.924. The second kappa shape index (κ2) is 9.55. The van der Waals surface area contributed by atoms with Gasteiger partial charge in [-0.2, -0.15) is 5.26 Å². The summed E-state index contributed by atoms with van der Waals surface area (Å²) in [5, 5.41) is 9.00. The molecular formula is C19H24N2O6S. The second-order valence-corrected chi connectivity index (χ2v) is 8.90. The first-order valence-corrected chi connectivity index (χ1v) is 10.9. The zero-order chi connectivity index (χ0) is 20.7. The van der Waals surface area contributed by atoms with Gasteiger partial charge >= 0.3 is 5.97 Å². The Kier molecular flexibility index (Phi) is 7.40. The quantitative estimate of drug-likeness (QED) is 0.596. The molecule has 2 atom stereocenters. The number of sulfone groups is 1. The predicted molar refractivity (Wildman–Crippen MR) is 101 cm³/mol. The van der Waals surface area contributed by atoms with Crippen molar-refractivity contribution in [3.05, 3.63) is 29.8 Å². The van der Waals surface area contributed by atoms with Crippen LogP contribution in [0.5, 0.6) is 5.75 Å². The molecule has 0 aliphatic carbocycles. The molecule has 28 heavy (non-hydrogen) atoms. The largest absolute Gasteiger partial charge is 0.481 e. The van der Waals surface area contributed by atoms with E-state index in [4.69, 9.17) is 14.7 Å². The fraction of sp³-hybridized carbons (Fsp3) is 0.526. The number of para-hydroxylation sites is 1. The summed E-state index contributed by atoms with van der Waals surface area (Å²) in [4.78, 5) is 26.0. The number of nitriles is 1. The van der Waals surface area contributed by atoms with E-state index in [1.165, 1.54) is 4.90 Å². The zero-order valence-corrected chi connectivity index (χ0v) is 16.8. The van der Waals surface area contributed by atoms with Crippen LogP contribution in [0.3, 0.4) is 0 Å². The molecular weight excluding hydrogens is 384 g/mol. The molecule has 0 bridgehead atoms. The summed E-state index contributed by atoms with van der Waals surface area (Å²) in [6, 6.07) is 7.86. The second-order valence-electron chi connectivity index (χ2n) is 6.67. The molecule has 0 N–H and O–H groups in total. The van der Waals surface area contributed by atoms with Crippen LogP contribution in [-0.4, -0.2) is 62.0 Å². The van der Waals surface area contributed by atoms with Gasteiger partial charge in [-0.15, -0.1) is 0 Å². The number of rotatable bonds is 8. The van der Waals surface area contributed by atoms with E-state index in [1.807, 2.05) is 19.9 Å². The van der Waals surface area contributed by atoms with E-state index in [2.05, 4.69) is 0 Å². The number of benzene rings is 1. The molecule has 1 aromatic rings. The lowest BCUT2D eigenvalue weighted by molar-refractivity contribution is -0.155. The van der Waals surface area contributed by atoms with Crippen LogP contribution in [0.1, 0.15) is 32.3 Å². The van der Waals surface area contributed by atoms with E-state index in [-0.39, 0.29) is 28.9 Å². The lowest BCUT2D eigenvalue weighted by Gasteiger charge is -2.33. The van der Waals surface area contributed by atoms with Crippen LogP contribution in [0.4, 0.5) is 0 Å². The molecule has 0 unspecified atom stereocenters. The summed E-state index contributed by atoms with van der Waals surface area (Å²) < 4.78 is 33.8. The molecule has 2 rings (SSSR count). The van der Waals surface area contributed by atoms with Gasteiger partial charge in [0.05, 0.1) is 17.1 Å². The Bertz CT molecular complexity index is 861. The number of hydrogen-bond acceptors (Lipinski definition) is 7. The molecule has 0 saturated carbocycles. The highest BCUT2D eigenvalue weighted by molar-refractivity contribution is 7.91. The monoisotopic (exact) mass is 408 g/mol. The molecule has 1 amide bonds. The molecule has 8 nitrogen and oxygen atoms in total. The van der Waals surface area contributed by atoms with Crippen LogP contribution in [0.2, 0.25) is 0 Å². The van der Waals surface area contributed by atoms with Gasteiger partial charge < -0.3 is 14.4 Å². The van der Waals surface area contributed by atoms with E-state index in [9.17, 15) is 18.0 Å². The average molecular weight is 408 g/mol. The number of carbonyl (C=O) groups is 2. The van der Waals surface area contributed by atoms with Crippen LogP contribution >= 0.6 is 0 Å². The van der Waals surface area contributed by atoms with Crippen LogP contribution in [0, 0.1) is 11.3 Å². The van der Waals surface area contributed by atoms with Crippen LogP contribution < -0.4 is 4.74 Å². The Balaban J connectivity index is 1.91. The highest BCUT2D eigenvalue weighted by Crippen LogP contribution is 2.21. The molecule has 0 radical (unpaired) electrons. The molecule has 1 aliphatic heterocycles. The number of ether oxygens (including phenoxy) is 2. The van der Waals surface area contributed by atoms with Gasteiger partial charge in [0.2, 0.25) is 0 Å². The van der Waals surface area contributed by atoms with Crippen molar-refractivity contribution in [2.45, 2.75) is 38.8 Å². The molecule has 1 aliphatic rings. The van der Waals surface area contributed by atoms with Gasteiger partial charge in [0.25, 0.3) is 5.91 Å². The minimum absolute atomic E-state index is 0.0593. The smallest absolute Gasteiger partial charge is 0.344 e. The van der Waals surface area contributed by atoms with Gasteiger partial charge in [0.1, 0.15) is 11.8 Å². The van der Waals surface area contributed by atoms with Gasteiger partial charge in [-0.05, 0) is 31.9 Å². The first kappa shape index (κ1) is 21.7. The highest BCUT2D eigenvalue weighted by Gasteiger charge is 2.36. The van der Waals surface area contributed by atoms with Crippen molar-refractivity contribution in [3.63, 3.8) is 0 Å². The fourth-order valence-corrected chi connectivity index (χ4v) is 4.79. The molecule has 9 heteroatoms. The molecule has 0 spiro atoms. The summed E-state index contributed by atoms with van der Waals surface area (Å²) in [7, 11) is -3.14. The first-order valence-electron chi connectivity index (χ1n) is 9.06. The van der Waals surface area contributed by atoms with Gasteiger partial charge in [-0.25, -0.2) is 13.2 Å². The van der Waals surface area contributed by atoms with Crippen LogP contribution in [0.25, 0.3) is 0 Å².